The number of likely N-dealkylation sites (N-methyl/N-ethyl adjacent to an activating group) is 1. The molecular weight excluding hydrogens is 248 g/mol. The highest BCUT2D eigenvalue weighted by atomic mass is 15.3. The van der Waals surface area contributed by atoms with Gasteiger partial charge in [0.15, 0.2) is 0 Å². The van der Waals surface area contributed by atoms with E-state index < -0.39 is 0 Å². The second kappa shape index (κ2) is 5.70. The molecule has 0 spiro atoms. The van der Waals surface area contributed by atoms with Crippen LogP contribution in [0.5, 0.6) is 0 Å². The zero-order valence-electron chi connectivity index (χ0n) is 12.7. The molecule has 0 saturated carbocycles. The lowest BCUT2D eigenvalue weighted by atomic mass is 10.1. The van der Waals surface area contributed by atoms with Gasteiger partial charge in [-0.3, -0.25) is 0 Å². The summed E-state index contributed by atoms with van der Waals surface area (Å²) in [5.74, 6) is 1.15. The first-order chi connectivity index (χ1) is 9.69. The van der Waals surface area contributed by atoms with Crippen molar-refractivity contribution in [3.05, 3.63) is 22.9 Å². The molecule has 3 rings (SSSR count). The van der Waals surface area contributed by atoms with Crippen molar-refractivity contribution in [2.75, 3.05) is 31.6 Å². The quantitative estimate of drug-likeness (QED) is 0.889. The molecule has 0 bridgehead atoms. The highest BCUT2D eigenvalue weighted by molar-refractivity contribution is 5.52. The fourth-order valence-corrected chi connectivity index (χ4v) is 3.59. The molecule has 0 radical (unpaired) electrons. The molecule has 1 fully saturated rings. The van der Waals surface area contributed by atoms with Crippen molar-refractivity contribution >= 4 is 5.82 Å². The maximum absolute atomic E-state index is 5.99. The van der Waals surface area contributed by atoms with E-state index in [9.17, 15) is 0 Å². The first-order valence-electron chi connectivity index (χ1n) is 7.86. The van der Waals surface area contributed by atoms with Gasteiger partial charge in [0.05, 0.1) is 0 Å². The number of rotatable bonds is 2. The molecular formula is C16H26N4. The fraction of sp³-hybridized carbons (Fsp3) is 0.688. The largest absolute Gasteiger partial charge is 0.352 e. The molecule has 1 saturated heterocycles. The summed E-state index contributed by atoms with van der Waals surface area (Å²) in [7, 11) is 2.21. The summed E-state index contributed by atoms with van der Waals surface area (Å²) in [4.78, 5) is 9.89. The summed E-state index contributed by atoms with van der Waals surface area (Å²) in [6, 6.07) is 2.81. The maximum atomic E-state index is 5.99. The third kappa shape index (κ3) is 2.54. The van der Waals surface area contributed by atoms with Gasteiger partial charge in [-0.2, -0.15) is 0 Å². The number of aromatic nitrogens is 1. The van der Waals surface area contributed by atoms with Crippen molar-refractivity contribution < 1.29 is 0 Å². The SMILES string of the molecule is CC1CN(C)CCCN1c1nc2c(cc1CN)CCC2. The Labute approximate surface area is 122 Å². The van der Waals surface area contributed by atoms with Gasteiger partial charge in [-0.1, -0.05) is 0 Å². The highest BCUT2D eigenvalue weighted by Crippen LogP contribution is 2.29. The van der Waals surface area contributed by atoms with Crippen LogP contribution in [0.2, 0.25) is 0 Å². The van der Waals surface area contributed by atoms with Gasteiger partial charge in [-0.05, 0) is 57.8 Å². The van der Waals surface area contributed by atoms with Crippen LogP contribution < -0.4 is 10.6 Å². The summed E-state index contributed by atoms with van der Waals surface area (Å²) >= 11 is 0. The summed E-state index contributed by atoms with van der Waals surface area (Å²) in [5, 5.41) is 0. The van der Waals surface area contributed by atoms with Crippen LogP contribution in [-0.2, 0) is 19.4 Å². The highest BCUT2D eigenvalue weighted by Gasteiger charge is 2.25. The van der Waals surface area contributed by atoms with Gasteiger partial charge in [-0.15, -0.1) is 0 Å². The van der Waals surface area contributed by atoms with E-state index in [1.54, 1.807) is 0 Å². The first kappa shape index (κ1) is 13.8. The van der Waals surface area contributed by atoms with Crippen LogP contribution in [0.15, 0.2) is 6.07 Å². The van der Waals surface area contributed by atoms with Crippen LogP contribution in [0.3, 0.4) is 0 Å². The van der Waals surface area contributed by atoms with Gasteiger partial charge in [0, 0.05) is 36.9 Å². The Bertz CT molecular complexity index is 486. The Hall–Kier alpha value is -1.13. The summed E-state index contributed by atoms with van der Waals surface area (Å²) in [5.41, 5.74) is 9.94. The minimum absolute atomic E-state index is 0.500. The van der Waals surface area contributed by atoms with E-state index in [1.807, 2.05) is 0 Å². The van der Waals surface area contributed by atoms with Crippen molar-refractivity contribution in [2.24, 2.45) is 5.73 Å². The zero-order valence-corrected chi connectivity index (χ0v) is 12.7. The molecule has 4 heteroatoms. The van der Waals surface area contributed by atoms with Gasteiger partial charge in [0.1, 0.15) is 5.82 Å². The van der Waals surface area contributed by atoms with Gasteiger partial charge in [0.25, 0.3) is 0 Å². The normalized spacial score (nSPS) is 23.8. The molecule has 0 amide bonds. The first-order valence-corrected chi connectivity index (χ1v) is 7.86. The smallest absolute Gasteiger partial charge is 0.133 e. The second-order valence-corrected chi connectivity index (χ2v) is 6.29. The number of aryl methyl sites for hydroxylation is 2. The molecule has 1 atom stereocenters. The average molecular weight is 274 g/mol. The third-order valence-electron chi connectivity index (χ3n) is 4.65. The monoisotopic (exact) mass is 274 g/mol. The van der Waals surface area contributed by atoms with Gasteiger partial charge in [0.2, 0.25) is 0 Å². The predicted octanol–water partition coefficient (Wildman–Crippen LogP) is 1.56. The number of hydrogen-bond donors (Lipinski definition) is 1. The molecule has 1 aliphatic heterocycles. The Morgan fingerprint density at radius 2 is 2.15 bits per heavy atom. The van der Waals surface area contributed by atoms with Gasteiger partial charge < -0.3 is 15.5 Å². The molecule has 0 aromatic carbocycles. The number of pyridine rings is 1. The number of nitrogens with two attached hydrogens (primary N) is 1. The number of nitrogens with zero attached hydrogens (tertiary/aromatic N) is 3. The fourth-order valence-electron chi connectivity index (χ4n) is 3.59. The van der Waals surface area contributed by atoms with Crippen LogP contribution >= 0.6 is 0 Å². The Morgan fingerprint density at radius 1 is 1.30 bits per heavy atom. The second-order valence-electron chi connectivity index (χ2n) is 6.29. The number of fused-ring (bicyclic) bond motifs is 1. The summed E-state index contributed by atoms with van der Waals surface area (Å²) in [6.45, 7) is 6.25. The Balaban J connectivity index is 1.95. The topological polar surface area (TPSA) is 45.4 Å². The maximum Gasteiger partial charge on any atom is 0.133 e. The van der Waals surface area contributed by atoms with Crippen LogP contribution in [-0.4, -0.2) is 42.6 Å². The molecule has 110 valence electrons. The van der Waals surface area contributed by atoms with Crippen molar-refractivity contribution in [3.8, 4) is 0 Å². The summed E-state index contributed by atoms with van der Waals surface area (Å²) < 4.78 is 0. The lowest BCUT2D eigenvalue weighted by Gasteiger charge is -2.31. The average Bonchev–Trinajstić information content (AvgIpc) is 2.82. The van der Waals surface area contributed by atoms with Gasteiger partial charge >= 0.3 is 0 Å². The van der Waals surface area contributed by atoms with E-state index in [2.05, 4.69) is 29.8 Å². The van der Waals surface area contributed by atoms with E-state index >= 15 is 0 Å². The molecule has 20 heavy (non-hydrogen) atoms. The Morgan fingerprint density at radius 3 is 2.95 bits per heavy atom. The summed E-state index contributed by atoms with van der Waals surface area (Å²) in [6.07, 6.45) is 4.75. The van der Waals surface area contributed by atoms with E-state index in [1.165, 1.54) is 42.6 Å². The molecule has 2 N–H and O–H groups in total. The molecule has 1 unspecified atom stereocenters. The van der Waals surface area contributed by atoms with Crippen molar-refractivity contribution in [1.29, 1.82) is 0 Å². The molecule has 1 aromatic rings. The lowest BCUT2D eigenvalue weighted by molar-refractivity contribution is 0.337. The molecule has 2 aliphatic rings. The van der Waals surface area contributed by atoms with E-state index in [0.717, 1.165) is 25.3 Å². The van der Waals surface area contributed by atoms with Crippen LogP contribution in [0, 0.1) is 0 Å². The van der Waals surface area contributed by atoms with Crippen LogP contribution in [0.4, 0.5) is 5.82 Å². The van der Waals surface area contributed by atoms with E-state index in [4.69, 9.17) is 10.7 Å². The molecule has 1 aromatic heterocycles. The van der Waals surface area contributed by atoms with Crippen molar-refractivity contribution in [1.82, 2.24) is 9.88 Å². The molecule has 1 aliphatic carbocycles. The van der Waals surface area contributed by atoms with Crippen molar-refractivity contribution in [3.63, 3.8) is 0 Å². The van der Waals surface area contributed by atoms with Gasteiger partial charge in [-0.25, -0.2) is 4.98 Å². The Kier molecular flexibility index (Phi) is 3.94. The molecule has 2 heterocycles. The molecule has 4 nitrogen and oxygen atoms in total. The number of anilines is 1. The van der Waals surface area contributed by atoms with E-state index in [-0.39, 0.29) is 0 Å². The van der Waals surface area contributed by atoms with Crippen LogP contribution in [0.25, 0.3) is 0 Å². The minimum Gasteiger partial charge on any atom is -0.352 e. The van der Waals surface area contributed by atoms with Crippen molar-refractivity contribution in [2.45, 2.75) is 45.2 Å². The van der Waals surface area contributed by atoms with E-state index in [0.29, 0.717) is 12.6 Å². The minimum atomic E-state index is 0.500. The van der Waals surface area contributed by atoms with Crippen LogP contribution in [0.1, 0.15) is 36.6 Å². The third-order valence-corrected chi connectivity index (χ3v) is 4.65. The lowest BCUT2D eigenvalue weighted by Crippen LogP contribution is -2.39. The number of hydrogen-bond acceptors (Lipinski definition) is 4. The standard InChI is InChI=1S/C16H26N4/c1-12-11-19(2)7-4-8-20(12)16-14(10-17)9-13-5-3-6-15(13)18-16/h9,12H,3-8,10-11,17H2,1-2H3. The zero-order chi connectivity index (χ0) is 14.1. The predicted molar refractivity (Wildman–Crippen MR) is 83.1 cm³/mol.